The van der Waals surface area contributed by atoms with Gasteiger partial charge in [-0.05, 0) is 24.8 Å². The van der Waals surface area contributed by atoms with Crippen LogP contribution in [0.15, 0.2) is 29.3 Å². The summed E-state index contributed by atoms with van der Waals surface area (Å²) in [4.78, 5) is 14.5. The first-order valence-corrected chi connectivity index (χ1v) is 9.99. The second-order valence-corrected chi connectivity index (χ2v) is 8.15. The smallest absolute Gasteiger partial charge is 0.269 e. The summed E-state index contributed by atoms with van der Waals surface area (Å²) in [6.45, 7) is 2.51. The van der Waals surface area contributed by atoms with Crippen molar-refractivity contribution < 1.29 is 9.13 Å². The van der Waals surface area contributed by atoms with E-state index in [4.69, 9.17) is 0 Å². The molecular formula is C17H27IN4O3S. The van der Waals surface area contributed by atoms with Crippen LogP contribution in [-0.4, -0.2) is 39.2 Å². The maximum atomic E-state index is 12.0. The normalized spacial score (nSPS) is 21.4. The molecule has 0 aliphatic heterocycles. The van der Waals surface area contributed by atoms with Gasteiger partial charge in [0.05, 0.1) is 4.92 Å². The molecule has 26 heavy (non-hydrogen) atoms. The number of hydrogen-bond donors (Lipinski definition) is 2. The molecule has 1 aliphatic rings. The Hall–Kier alpha value is -1.23. The van der Waals surface area contributed by atoms with Gasteiger partial charge in [0.25, 0.3) is 5.69 Å². The lowest BCUT2D eigenvalue weighted by Gasteiger charge is -2.30. The van der Waals surface area contributed by atoms with Crippen LogP contribution in [0.1, 0.15) is 38.2 Å². The first kappa shape index (κ1) is 22.8. The Bertz CT molecular complexity index is 639. The van der Waals surface area contributed by atoms with Crippen LogP contribution < -0.4 is 10.6 Å². The van der Waals surface area contributed by atoms with Gasteiger partial charge in [-0.25, -0.2) is 0 Å². The van der Waals surface area contributed by atoms with Crippen molar-refractivity contribution in [3.05, 3.63) is 39.9 Å². The van der Waals surface area contributed by atoms with E-state index in [1.165, 1.54) is 12.1 Å². The quantitative estimate of drug-likeness (QED) is 0.209. The van der Waals surface area contributed by atoms with Crippen molar-refractivity contribution in [3.63, 3.8) is 0 Å². The predicted octanol–water partition coefficient (Wildman–Crippen LogP) is 2.96. The van der Waals surface area contributed by atoms with Gasteiger partial charge in [-0.2, -0.15) is 0 Å². The Kier molecular flexibility index (Phi) is 10.1. The highest BCUT2D eigenvalue weighted by atomic mass is 127. The first-order valence-electron chi connectivity index (χ1n) is 8.61. The molecule has 9 heteroatoms. The zero-order valence-corrected chi connectivity index (χ0v) is 18.3. The molecule has 0 radical (unpaired) electrons. The molecule has 0 heterocycles. The second kappa shape index (κ2) is 11.5. The lowest BCUT2D eigenvalue weighted by atomic mass is 9.95. The molecule has 2 N–H and O–H groups in total. The van der Waals surface area contributed by atoms with Gasteiger partial charge >= 0.3 is 0 Å². The van der Waals surface area contributed by atoms with Crippen molar-refractivity contribution in [2.45, 2.75) is 50.4 Å². The Morgan fingerprint density at radius 3 is 2.62 bits per heavy atom. The van der Waals surface area contributed by atoms with E-state index in [1.54, 1.807) is 19.2 Å². The molecule has 7 nitrogen and oxygen atoms in total. The summed E-state index contributed by atoms with van der Waals surface area (Å²) >= 11 is 0. The molecule has 1 saturated carbocycles. The fourth-order valence-corrected chi connectivity index (χ4v) is 4.41. The van der Waals surface area contributed by atoms with E-state index in [0.717, 1.165) is 31.2 Å². The minimum absolute atomic E-state index is 0. The zero-order valence-electron chi connectivity index (χ0n) is 15.1. The average Bonchev–Trinajstić information content (AvgIpc) is 2.64. The van der Waals surface area contributed by atoms with E-state index < -0.39 is 15.7 Å². The van der Waals surface area contributed by atoms with Crippen LogP contribution in [-0.2, 0) is 17.3 Å². The predicted molar refractivity (Wildman–Crippen MR) is 117 cm³/mol. The van der Waals surface area contributed by atoms with E-state index in [1.807, 2.05) is 6.92 Å². The number of hydrogen-bond acceptors (Lipinski definition) is 4. The second-order valence-electron chi connectivity index (χ2n) is 6.15. The molecule has 0 saturated heterocycles. The number of nitrogens with one attached hydrogen (secondary N) is 2. The number of nitro groups is 1. The third-order valence-electron chi connectivity index (χ3n) is 4.45. The van der Waals surface area contributed by atoms with E-state index in [-0.39, 0.29) is 41.0 Å². The zero-order chi connectivity index (χ0) is 18.2. The van der Waals surface area contributed by atoms with Crippen LogP contribution in [0, 0.1) is 10.1 Å². The Morgan fingerprint density at radius 2 is 2.04 bits per heavy atom. The third-order valence-corrected chi connectivity index (χ3v) is 6.19. The van der Waals surface area contributed by atoms with Crippen molar-refractivity contribution in [2.75, 3.05) is 12.8 Å². The highest BCUT2D eigenvalue weighted by Crippen LogP contribution is 2.23. The van der Waals surface area contributed by atoms with E-state index in [2.05, 4.69) is 15.6 Å². The number of benzene rings is 1. The number of nitrogens with zero attached hydrogens (tertiary/aromatic N) is 2. The summed E-state index contributed by atoms with van der Waals surface area (Å²) < 4.78 is 12.0. The average molecular weight is 494 g/mol. The number of nitro benzene ring substituents is 1. The van der Waals surface area contributed by atoms with Gasteiger partial charge in [0.2, 0.25) is 0 Å². The monoisotopic (exact) mass is 494 g/mol. The molecule has 0 bridgehead atoms. The van der Waals surface area contributed by atoms with Gasteiger partial charge in [-0.15, -0.1) is 24.0 Å². The largest absolute Gasteiger partial charge is 0.354 e. The summed E-state index contributed by atoms with van der Waals surface area (Å²) in [6, 6.07) is 6.74. The van der Waals surface area contributed by atoms with Crippen LogP contribution in [0.5, 0.6) is 0 Å². The molecule has 1 fully saturated rings. The van der Waals surface area contributed by atoms with Crippen LogP contribution in [0.25, 0.3) is 0 Å². The summed E-state index contributed by atoms with van der Waals surface area (Å²) in [5.41, 5.74) is 1.03. The molecule has 2 rings (SSSR count). The molecule has 0 aromatic heterocycles. The summed E-state index contributed by atoms with van der Waals surface area (Å²) in [5.74, 6) is 1.41. The van der Waals surface area contributed by atoms with Crippen molar-refractivity contribution in [2.24, 2.45) is 4.99 Å². The molecule has 1 aromatic carbocycles. The maximum absolute atomic E-state index is 12.0. The van der Waals surface area contributed by atoms with Crippen LogP contribution in [0.4, 0.5) is 5.69 Å². The number of aliphatic imine (C=N–C) groups is 1. The third kappa shape index (κ3) is 6.82. The Balaban J connectivity index is 0.00000338. The summed E-state index contributed by atoms with van der Waals surface area (Å²) in [5, 5.41) is 17.6. The SMILES string of the molecule is CCS(=O)C1CCCC(NC(=NC)NCc2ccc([N+](=O)[O-])cc2)C1.I. The van der Waals surface area contributed by atoms with Crippen molar-refractivity contribution in [1.29, 1.82) is 0 Å². The number of non-ortho nitro benzene ring substituents is 1. The summed E-state index contributed by atoms with van der Waals surface area (Å²) in [7, 11) is 0.972. The number of halogens is 1. The van der Waals surface area contributed by atoms with Crippen LogP contribution >= 0.6 is 24.0 Å². The molecule has 3 atom stereocenters. The molecule has 146 valence electrons. The van der Waals surface area contributed by atoms with Crippen LogP contribution in [0.2, 0.25) is 0 Å². The van der Waals surface area contributed by atoms with Crippen molar-refractivity contribution >= 4 is 46.4 Å². The first-order chi connectivity index (χ1) is 12.0. The Morgan fingerprint density at radius 1 is 1.35 bits per heavy atom. The van der Waals surface area contributed by atoms with Gasteiger partial charge in [-0.3, -0.25) is 19.3 Å². The Labute approximate surface area is 174 Å². The minimum Gasteiger partial charge on any atom is -0.354 e. The highest BCUT2D eigenvalue weighted by Gasteiger charge is 2.25. The fraction of sp³-hybridized carbons (Fsp3) is 0.588. The van der Waals surface area contributed by atoms with E-state index in [0.29, 0.717) is 18.3 Å². The van der Waals surface area contributed by atoms with Crippen molar-refractivity contribution in [1.82, 2.24) is 10.6 Å². The van der Waals surface area contributed by atoms with Crippen molar-refractivity contribution in [3.8, 4) is 0 Å². The van der Waals surface area contributed by atoms with Gasteiger partial charge in [0, 0.05) is 53.6 Å². The van der Waals surface area contributed by atoms with Gasteiger partial charge in [-0.1, -0.05) is 25.5 Å². The van der Waals surface area contributed by atoms with E-state index in [9.17, 15) is 14.3 Å². The molecular weight excluding hydrogens is 467 g/mol. The topological polar surface area (TPSA) is 96.6 Å². The molecule has 1 aliphatic carbocycles. The number of guanidine groups is 1. The van der Waals surface area contributed by atoms with E-state index >= 15 is 0 Å². The van der Waals surface area contributed by atoms with Crippen LogP contribution in [0.3, 0.4) is 0 Å². The molecule has 0 amide bonds. The lowest BCUT2D eigenvalue weighted by molar-refractivity contribution is -0.384. The molecule has 1 aromatic rings. The fourth-order valence-electron chi connectivity index (χ4n) is 3.06. The van der Waals surface area contributed by atoms with Gasteiger partial charge in [0.1, 0.15) is 0 Å². The highest BCUT2D eigenvalue weighted by molar-refractivity contribution is 14.0. The minimum atomic E-state index is -0.746. The van der Waals surface area contributed by atoms with Gasteiger partial charge < -0.3 is 10.6 Å². The molecule has 3 unspecified atom stereocenters. The molecule has 0 spiro atoms. The maximum Gasteiger partial charge on any atom is 0.269 e. The standard InChI is InChI=1S/C17H26N4O3S.HI/c1-3-25(24)16-6-4-5-14(11-16)20-17(18-2)19-12-13-7-9-15(10-8-13)21(22)23;/h7-10,14,16H,3-6,11-12H2,1-2H3,(H2,18,19,20);1H. The van der Waals surface area contributed by atoms with Gasteiger partial charge in [0.15, 0.2) is 5.96 Å². The summed E-state index contributed by atoms with van der Waals surface area (Å²) in [6.07, 6.45) is 4.06. The lowest BCUT2D eigenvalue weighted by Crippen LogP contribution is -2.46. The number of rotatable bonds is 6.